The molecular weight excluding hydrogens is 469 g/mol. The maximum absolute atomic E-state index is 13.1. The summed E-state index contributed by atoms with van der Waals surface area (Å²) in [6.07, 6.45) is -1.56. The van der Waals surface area contributed by atoms with Crippen LogP contribution in [0.5, 0.6) is 5.75 Å². The number of fused-ring (bicyclic) bond motifs is 1. The quantitative estimate of drug-likeness (QED) is 0.438. The van der Waals surface area contributed by atoms with Crippen molar-refractivity contribution in [1.29, 1.82) is 0 Å². The molecule has 5 N–H and O–H groups in total. The van der Waals surface area contributed by atoms with Crippen LogP contribution in [0, 0.1) is 18.8 Å². The van der Waals surface area contributed by atoms with Gasteiger partial charge in [0.2, 0.25) is 17.7 Å². The van der Waals surface area contributed by atoms with E-state index in [9.17, 15) is 14.4 Å². The van der Waals surface area contributed by atoms with Crippen molar-refractivity contribution in [3.8, 4) is 5.75 Å². The zero-order chi connectivity index (χ0) is 23.7. The number of halogens is 2. The molecular formula is C22H23Cl2N5O4. The lowest BCUT2D eigenvalue weighted by Crippen LogP contribution is -2.72. The van der Waals surface area contributed by atoms with E-state index in [1.807, 2.05) is 13.0 Å². The molecule has 0 radical (unpaired) electrons. The summed E-state index contributed by atoms with van der Waals surface area (Å²) in [7, 11) is 1.53. The van der Waals surface area contributed by atoms with Crippen molar-refractivity contribution in [2.24, 2.45) is 11.8 Å². The van der Waals surface area contributed by atoms with E-state index in [4.69, 9.17) is 27.9 Å². The van der Waals surface area contributed by atoms with Crippen LogP contribution >= 0.6 is 23.2 Å². The van der Waals surface area contributed by atoms with Crippen LogP contribution in [0.2, 0.25) is 10.0 Å². The molecule has 2 heterocycles. The predicted molar refractivity (Wildman–Crippen MR) is 125 cm³/mol. The molecule has 2 aliphatic rings. The summed E-state index contributed by atoms with van der Waals surface area (Å²) < 4.78 is 5.22. The van der Waals surface area contributed by atoms with E-state index < -0.39 is 30.2 Å². The van der Waals surface area contributed by atoms with Gasteiger partial charge < -0.3 is 26.0 Å². The molecule has 0 bridgehead atoms. The van der Waals surface area contributed by atoms with Crippen molar-refractivity contribution < 1.29 is 19.1 Å². The highest BCUT2D eigenvalue weighted by atomic mass is 35.5. The number of amides is 3. The summed E-state index contributed by atoms with van der Waals surface area (Å²) in [4.78, 5) is 38.5. The number of hydrogen-bond donors (Lipinski definition) is 5. The zero-order valence-corrected chi connectivity index (χ0v) is 19.4. The first-order valence-electron chi connectivity index (χ1n) is 10.3. The second-order valence-electron chi connectivity index (χ2n) is 7.96. The van der Waals surface area contributed by atoms with Crippen molar-refractivity contribution in [2.45, 2.75) is 25.8 Å². The van der Waals surface area contributed by atoms with E-state index in [0.717, 1.165) is 5.56 Å². The maximum atomic E-state index is 13.1. The number of nitrogens with one attached hydrogen (secondary N) is 5. The fourth-order valence-electron chi connectivity index (χ4n) is 4.05. The van der Waals surface area contributed by atoms with Gasteiger partial charge in [-0.25, -0.2) is 0 Å². The number of carbonyl (C=O) groups excluding carboxylic acids is 3. The fourth-order valence-corrected chi connectivity index (χ4v) is 4.57. The molecule has 174 valence electrons. The Kier molecular flexibility index (Phi) is 6.64. The summed E-state index contributed by atoms with van der Waals surface area (Å²) in [6, 6.07) is 10.2. The molecule has 0 aromatic heterocycles. The molecule has 2 aromatic carbocycles. The van der Waals surface area contributed by atoms with Gasteiger partial charge in [0.1, 0.15) is 5.75 Å². The normalized spacial score (nSPS) is 24.2. The largest absolute Gasteiger partial charge is 0.497 e. The summed E-state index contributed by atoms with van der Waals surface area (Å²) in [5.74, 6) is -2.18. The van der Waals surface area contributed by atoms with Crippen LogP contribution in [0.3, 0.4) is 0 Å². The lowest BCUT2D eigenvalue weighted by molar-refractivity contribution is -0.144. The Morgan fingerprint density at radius 1 is 1.09 bits per heavy atom. The number of rotatable bonds is 5. The van der Waals surface area contributed by atoms with Crippen molar-refractivity contribution in [2.75, 3.05) is 17.7 Å². The minimum absolute atomic E-state index is 0.104. The average molecular weight is 492 g/mol. The van der Waals surface area contributed by atoms with Gasteiger partial charge in [-0.05, 0) is 36.8 Å². The molecule has 0 aliphatic carbocycles. The van der Waals surface area contributed by atoms with Gasteiger partial charge in [-0.1, -0.05) is 29.3 Å². The van der Waals surface area contributed by atoms with Gasteiger partial charge in [0, 0.05) is 33.9 Å². The van der Waals surface area contributed by atoms with E-state index in [1.165, 1.54) is 7.11 Å². The van der Waals surface area contributed by atoms with E-state index in [1.54, 1.807) is 30.3 Å². The Balaban J connectivity index is 1.50. The summed E-state index contributed by atoms with van der Waals surface area (Å²) in [5.41, 5.74) is 1.97. The number of carbonyl (C=O) groups is 3. The Morgan fingerprint density at radius 3 is 2.52 bits per heavy atom. The highest BCUT2D eigenvalue weighted by Crippen LogP contribution is 2.30. The first-order chi connectivity index (χ1) is 15.7. The van der Waals surface area contributed by atoms with Crippen LogP contribution < -0.4 is 31.3 Å². The third-order valence-corrected chi connectivity index (χ3v) is 6.10. The first kappa shape index (κ1) is 23.2. The Labute approximate surface area is 200 Å². The molecule has 11 heteroatoms. The number of aryl methyl sites for hydroxylation is 1. The van der Waals surface area contributed by atoms with Crippen molar-refractivity contribution >= 4 is 52.3 Å². The fraction of sp³-hybridized carbons (Fsp3) is 0.318. The van der Waals surface area contributed by atoms with Crippen LogP contribution in [0.4, 0.5) is 11.4 Å². The number of ether oxygens (including phenoxy) is 1. The smallest absolute Gasteiger partial charge is 0.229 e. The molecule has 4 atom stereocenters. The Bertz CT molecular complexity index is 1090. The lowest BCUT2D eigenvalue weighted by Gasteiger charge is -2.43. The van der Waals surface area contributed by atoms with E-state index in [-0.39, 0.29) is 18.2 Å². The Morgan fingerprint density at radius 2 is 1.82 bits per heavy atom. The molecule has 4 rings (SSSR count). The second-order valence-corrected chi connectivity index (χ2v) is 8.84. The minimum atomic E-state index is -0.858. The van der Waals surface area contributed by atoms with Gasteiger partial charge in [0.25, 0.3) is 0 Å². The summed E-state index contributed by atoms with van der Waals surface area (Å²) >= 11 is 12.1. The van der Waals surface area contributed by atoms with Crippen LogP contribution in [-0.4, -0.2) is 37.3 Å². The Hall–Kier alpha value is -3.01. The molecule has 9 nitrogen and oxygen atoms in total. The number of hydrogen-bond acceptors (Lipinski definition) is 6. The molecule has 4 unspecified atom stereocenters. The number of piperidine rings is 1. The van der Waals surface area contributed by atoms with Crippen LogP contribution in [0.25, 0.3) is 0 Å². The average Bonchev–Trinajstić information content (AvgIpc) is 2.73. The topological polar surface area (TPSA) is 121 Å². The second kappa shape index (κ2) is 9.46. The van der Waals surface area contributed by atoms with Gasteiger partial charge in [0.05, 0.1) is 25.1 Å². The number of benzene rings is 2. The van der Waals surface area contributed by atoms with Gasteiger partial charge in [-0.15, -0.1) is 0 Å². The number of methoxy groups -OCH3 is 1. The van der Waals surface area contributed by atoms with Gasteiger partial charge in [0.15, 0.2) is 6.29 Å². The van der Waals surface area contributed by atoms with E-state index >= 15 is 0 Å². The molecule has 3 amide bonds. The molecule has 2 fully saturated rings. The van der Waals surface area contributed by atoms with Gasteiger partial charge >= 0.3 is 0 Å². The summed E-state index contributed by atoms with van der Waals surface area (Å²) in [5, 5.41) is 15.5. The van der Waals surface area contributed by atoms with Crippen LogP contribution in [-0.2, 0) is 14.4 Å². The monoisotopic (exact) mass is 491 g/mol. The van der Waals surface area contributed by atoms with Gasteiger partial charge in [-0.2, -0.15) is 0 Å². The standard InChI is InChI=1S/C22H23Cl2N5O4/c1-10-3-4-14(33-2)8-16(10)26-20(31)15-9-17(30)27-19-18(15)21(32)29-22(28-19)25-13-6-11(23)5-12(24)7-13/h3-8,15,18-19,22,25,28H,9H2,1-2H3,(H,26,31)(H,27,30)(H,29,32). The van der Waals surface area contributed by atoms with E-state index in [2.05, 4.69) is 26.6 Å². The third-order valence-electron chi connectivity index (χ3n) is 5.66. The number of anilines is 2. The predicted octanol–water partition coefficient (Wildman–Crippen LogP) is 2.44. The van der Waals surface area contributed by atoms with E-state index in [0.29, 0.717) is 27.2 Å². The molecule has 33 heavy (non-hydrogen) atoms. The third kappa shape index (κ3) is 5.16. The highest BCUT2D eigenvalue weighted by Gasteiger charge is 2.48. The minimum Gasteiger partial charge on any atom is -0.497 e. The molecule has 2 aromatic rings. The summed E-state index contributed by atoms with van der Waals surface area (Å²) in [6.45, 7) is 1.85. The first-order valence-corrected chi connectivity index (χ1v) is 11.0. The zero-order valence-electron chi connectivity index (χ0n) is 17.9. The molecule has 2 saturated heterocycles. The van der Waals surface area contributed by atoms with Gasteiger partial charge in [-0.3, -0.25) is 19.7 Å². The lowest BCUT2D eigenvalue weighted by atomic mass is 9.81. The maximum Gasteiger partial charge on any atom is 0.229 e. The SMILES string of the molecule is COc1ccc(C)c(NC(=O)C2CC(=O)NC3NC(Nc4cc(Cl)cc(Cl)c4)NC(=O)C32)c1. The van der Waals surface area contributed by atoms with Crippen molar-refractivity contribution in [1.82, 2.24) is 16.0 Å². The van der Waals surface area contributed by atoms with Crippen molar-refractivity contribution in [3.05, 3.63) is 52.0 Å². The van der Waals surface area contributed by atoms with Crippen LogP contribution in [0.15, 0.2) is 36.4 Å². The molecule has 0 spiro atoms. The van der Waals surface area contributed by atoms with Crippen molar-refractivity contribution in [3.63, 3.8) is 0 Å². The van der Waals surface area contributed by atoms with Crippen LogP contribution in [0.1, 0.15) is 12.0 Å². The molecule has 2 aliphatic heterocycles. The molecule has 0 saturated carbocycles. The highest BCUT2D eigenvalue weighted by molar-refractivity contribution is 6.35.